The Morgan fingerprint density at radius 3 is 2.82 bits per heavy atom. The van der Waals surface area contributed by atoms with E-state index in [0.29, 0.717) is 0 Å². The van der Waals surface area contributed by atoms with Crippen LogP contribution in [0.1, 0.15) is 26.2 Å². The van der Waals surface area contributed by atoms with Gasteiger partial charge in [-0.25, -0.2) is 0 Å². The third kappa shape index (κ3) is 4.70. The summed E-state index contributed by atoms with van der Waals surface area (Å²) in [4.78, 5) is 0. The van der Waals surface area contributed by atoms with Crippen LogP contribution in [-0.2, 0) is 0 Å². The van der Waals surface area contributed by atoms with Gasteiger partial charge in [0, 0.05) is 11.8 Å². The molecule has 0 aliphatic heterocycles. The summed E-state index contributed by atoms with van der Waals surface area (Å²) in [5, 5.41) is 4.26. The lowest BCUT2D eigenvalue weighted by molar-refractivity contribution is 0.612. The average molecular weight is 173 g/mol. The number of thioether (sulfide) groups is 1. The molecule has 0 radical (unpaired) electrons. The predicted molar refractivity (Wildman–Crippen MR) is 53.2 cm³/mol. The van der Waals surface area contributed by atoms with Crippen LogP contribution < -0.4 is 5.32 Å². The molecule has 0 aromatic heterocycles. The van der Waals surface area contributed by atoms with Crippen LogP contribution in [-0.4, -0.2) is 24.6 Å². The monoisotopic (exact) mass is 173 g/mol. The van der Waals surface area contributed by atoms with E-state index in [9.17, 15) is 0 Å². The van der Waals surface area contributed by atoms with Crippen LogP contribution in [0.2, 0.25) is 0 Å². The normalized spacial score (nSPS) is 20.2. The Labute approximate surface area is 74.3 Å². The van der Waals surface area contributed by atoms with E-state index in [1.54, 1.807) is 0 Å². The van der Waals surface area contributed by atoms with Gasteiger partial charge in [0.25, 0.3) is 0 Å². The van der Waals surface area contributed by atoms with Crippen molar-refractivity contribution in [2.24, 2.45) is 5.92 Å². The molecule has 2 heteroatoms. The van der Waals surface area contributed by atoms with Crippen molar-refractivity contribution >= 4 is 11.8 Å². The summed E-state index contributed by atoms with van der Waals surface area (Å²) < 4.78 is 0. The average Bonchev–Trinajstić information content (AvgIpc) is 2.81. The molecule has 11 heavy (non-hydrogen) atoms. The second kappa shape index (κ2) is 5.04. The zero-order valence-corrected chi connectivity index (χ0v) is 8.41. The van der Waals surface area contributed by atoms with E-state index >= 15 is 0 Å². The number of hydrogen-bond acceptors (Lipinski definition) is 2. The minimum atomic E-state index is 0.772. The van der Waals surface area contributed by atoms with Gasteiger partial charge in [0.15, 0.2) is 0 Å². The molecule has 0 bridgehead atoms. The molecular formula is C9H19NS. The van der Waals surface area contributed by atoms with Gasteiger partial charge >= 0.3 is 0 Å². The molecule has 1 atom stereocenters. The molecule has 1 N–H and O–H groups in total. The summed E-state index contributed by atoms with van der Waals surface area (Å²) in [5.74, 6) is 1.08. The summed E-state index contributed by atoms with van der Waals surface area (Å²) in [6.07, 6.45) is 6.55. The van der Waals surface area contributed by atoms with Gasteiger partial charge in [-0.1, -0.05) is 19.8 Å². The molecule has 0 aromatic carbocycles. The van der Waals surface area contributed by atoms with E-state index in [1.807, 2.05) is 11.8 Å². The molecule has 1 aliphatic carbocycles. The van der Waals surface area contributed by atoms with Crippen LogP contribution in [0, 0.1) is 5.92 Å². The van der Waals surface area contributed by atoms with E-state index in [-0.39, 0.29) is 0 Å². The maximum Gasteiger partial charge on any atom is 0.0141 e. The molecule has 1 rings (SSSR count). The van der Waals surface area contributed by atoms with Gasteiger partial charge < -0.3 is 5.32 Å². The molecule has 0 spiro atoms. The molecule has 1 saturated carbocycles. The first kappa shape index (κ1) is 9.40. The second-order valence-corrected chi connectivity index (χ2v) is 4.76. The van der Waals surface area contributed by atoms with Crippen molar-refractivity contribution in [2.45, 2.75) is 31.4 Å². The molecule has 0 heterocycles. The van der Waals surface area contributed by atoms with Crippen LogP contribution in [0.15, 0.2) is 0 Å². The zero-order chi connectivity index (χ0) is 8.10. The largest absolute Gasteiger partial charge is 0.316 e. The fourth-order valence-electron chi connectivity index (χ4n) is 1.10. The lowest BCUT2D eigenvalue weighted by atomic mass is 10.3. The summed E-state index contributed by atoms with van der Waals surface area (Å²) in [6.45, 7) is 4.68. The van der Waals surface area contributed by atoms with Crippen molar-refractivity contribution in [2.75, 3.05) is 19.3 Å². The minimum absolute atomic E-state index is 0.772. The van der Waals surface area contributed by atoms with Crippen molar-refractivity contribution in [3.63, 3.8) is 0 Å². The van der Waals surface area contributed by atoms with Gasteiger partial charge in [0.05, 0.1) is 0 Å². The van der Waals surface area contributed by atoms with E-state index < -0.39 is 0 Å². The number of nitrogens with one attached hydrogen (secondary N) is 1. The van der Waals surface area contributed by atoms with E-state index in [2.05, 4.69) is 18.5 Å². The van der Waals surface area contributed by atoms with E-state index in [0.717, 1.165) is 11.2 Å². The summed E-state index contributed by atoms with van der Waals surface area (Å²) >= 11 is 1.94. The summed E-state index contributed by atoms with van der Waals surface area (Å²) in [5.41, 5.74) is 0. The molecule has 1 aliphatic rings. The Kier molecular flexibility index (Phi) is 4.31. The Morgan fingerprint density at radius 1 is 1.55 bits per heavy atom. The molecule has 66 valence electrons. The van der Waals surface area contributed by atoms with Gasteiger partial charge in [-0.3, -0.25) is 0 Å². The van der Waals surface area contributed by atoms with Crippen LogP contribution in [0.4, 0.5) is 0 Å². The first-order valence-corrected chi connectivity index (χ1v) is 5.85. The molecule has 1 fully saturated rings. The molecule has 0 saturated heterocycles. The lowest BCUT2D eigenvalue weighted by Gasteiger charge is -2.08. The van der Waals surface area contributed by atoms with Crippen molar-refractivity contribution in [1.29, 1.82) is 0 Å². The zero-order valence-electron chi connectivity index (χ0n) is 7.60. The highest BCUT2D eigenvalue weighted by molar-refractivity contribution is 7.99. The molecule has 0 aromatic rings. The maximum atomic E-state index is 3.49. The third-order valence-corrected chi connectivity index (χ3v) is 3.23. The van der Waals surface area contributed by atoms with Crippen molar-refractivity contribution < 1.29 is 0 Å². The fraction of sp³-hybridized carbons (Fsp3) is 1.00. The van der Waals surface area contributed by atoms with Crippen LogP contribution in [0.5, 0.6) is 0 Å². The quantitative estimate of drug-likeness (QED) is 0.618. The maximum absolute atomic E-state index is 3.49. The molecule has 1 nitrogen and oxygen atoms in total. The highest BCUT2D eigenvalue weighted by atomic mass is 32.2. The van der Waals surface area contributed by atoms with Gasteiger partial charge in [0.2, 0.25) is 0 Å². The Hall–Kier alpha value is 0.310. The van der Waals surface area contributed by atoms with Gasteiger partial charge in [0.1, 0.15) is 0 Å². The highest BCUT2D eigenvalue weighted by Crippen LogP contribution is 2.31. The SMILES string of the molecule is CSC(C)CNCCC1CC1. The standard InChI is InChI=1S/C9H19NS/c1-8(11-2)7-10-6-5-9-3-4-9/h8-10H,3-7H2,1-2H3. The minimum Gasteiger partial charge on any atom is -0.316 e. The summed E-state index contributed by atoms with van der Waals surface area (Å²) in [7, 11) is 0. The van der Waals surface area contributed by atoms with Crippen molar-refractivity contribution in [1.82, 2.24) is 5.32 Å². The first-order chi connectivity index (χ1) is 5.33. The molecule has 1 unspecified atom stereocenters. The van der Waals surface area contributed by atoms with E-state index in [4.69, 9.17) is 0 Å². The third-order valence-electron chi connectivity index (χ3n) is 2.26. The second-order valence-electron chi connectivity index (χ2n) is 3.48. The van der Waals surface area contributed by atoms with Gasteiger partial charge in [-0.2, -0.15) is 11.8 Å². The highest BCUT2D eigenvalue weighted by Gasteiger charge is 2.19. The van der Waals surface area contributed by atoms with Gasteiger partial charge in [-0.05, 0) is 25.1 Å². The molecular weight excluding hydrogens is 154 g/mol. The molecule has 0 amide bonds. The number of rotatable bonds is 6. The van der Waals surface area contributed by atoms with Crippen LogP contribution in [0.25, 0.3) is 0 Å². The predicted octanol–water partition coefficient (Wildman–Crippen LogP) is 2.13. The van der Waals surface area contributed by atoms with Gasteiger partial charge in [-0.15, -0.1) is 0 Å². The Bertz CT molecular complexity index is 102. The topological polar surface area (TPSA) is 12.0 Å². The van der Waals surface area contributed by atoms with Crippen LogP contribution in [0.3, 0.4) is 0 Å². The Morgan fingerprint density at radius 2 is 2.27 bits per heavy atom. The van der Waals surface area contributed by atoms with Crippen molar-refractivity contribution in [3.8, 4) is 0 Å². The van der Waals surface area contributed by atoms with Crippen molar-refractivity contribution in [3.05, 3.63) is 0 Å². The number of hydrogen-bond donors (Lipinski definition) is 1. The fourth-order valence-corrected chi connectivity index (χ4v) is 1.39. The summed E-state index contributed by atoms with van der Waals surface area (Å²) in [6, 6.07) is 0. The lowest BCUT2D eigenvalue weighted by Crippen LogP contribution is -2.23. The first-order valence-electron chi connectivity index (χ1n) is 4.56. The van der Waals surface area contributed by atoms with E-state index in [1.165, 1.54) is 32.4 Å². The smallest absolute Gasteiger partial charge is 0.0141 e. The Balaban J connectivity index is 1.79. The van der Waals surface area contributed by atoms with Crippen LogP contribution >= 0.6 is 11.8 Å².